The molecule has 1 nitrogen and oxygen atoms in total. The summed E-state index contributed by atoms with van der Waals surface area (Å²) < 4.78 is 6.13. The standard InChI is InChI=1S/C20H26O/c1-3-5-7-15-19-17(11-4-2)12-10-16-20(19)21-18-13-8-6-9-14-18/h6,8-10,12-14,16H,3-5,7,11,15H2,1-2H3. The molecule has 112 valence electrons. The third-order valence-corrected chi connectivity index (χ3v) is 3.75. The van der Waals surface area contributed by atoms with Gasteiger partial charge in [-0.15, -0.1) is 0 Å². The van der Waals surface area contributed by atoms with Crippen molar-refractivity contribution in [1.82, 2.24) is 0 Å². The van der Waals surface area contributed by atoms with Crippen molar-refractivity contribution in [2.45, 2.75) is 52.4 Å². The summed E-state index contributed by atoms with van der Waals surface area (Å²) in [5.74, 6) is 1.95. The van der Waals surface area contributed by atoms with Crippen LogP contribution >= 0.6 is 0 Å². The predicted octanol–water partition coefficient (Wildman–Crippen LogP) is 6.16. The van der Waals surface area contributed by atoms with Crippen molar-refractivity contribution in [2.24, 2.45) is 0 Å². The molecular formula is C20H26O. The van der Waals surface area contributed by atoms with E-state index in [1.165, 1.54) is 36.8 Å². The molecule has 0 atom stereocenters. The fourth-order valence-corrected chi connectivity index (χ4v) is 2.66. The number of hydrogen-bond acceptors (Lipinski definition) is 1. The zero-order chi connectivity index (χ0) is 14.9. The third kappa shape index (κ3) is 4.63. The molecule has 0 heterocycles. The number of ether oxygens (including phenoxy) is 1. The minimum absolute atomic E-state index is 0.919. The smallest absolute Gasteiger partial charge is 0.130 e. The Bertz CT molecular complexity index is 531. The van der Waals surface area contributed by atoms with E-state index in [2.05, 4.69) is 32.0 Å². The van der Waals surface area contributed by atoms with Crippen LogP contribution in [0.3, 0.4) is 0 Å². The van der Waals surface area contributed by atoms with E-state index in [0.717, 1.165) is 24.3 Å². The molecule has 0 radical (unpaired) electrons. The lowest BCUT2D eigenvalue weighted by atomic mass is 9.97. The molecule has 0 unspecified atom stereocenters. The highest BCUT2D eigenvalue weighted by atomic mass is 16.5. The van der Waals surface area contributed by atoms with Gasteiger partial charge in [0.1, 0.15) is 11.5 Å². The third-order valence-electron chi connectivity index (χ3n) is 3.75. The molecule has 0 saturated heterocycles. The Balaban J connectivity index is 2.23. The zero-order valence-corrected chi connectivity index (χ0v) is 13.3. The summed E-state index contributed by atoms with van der Waals surface area (Å²) in [6.45, 7) is 4.49. The van der Waals surface area contributed by atoms with Crippen molar-refractivity contribution in [1.29, 1.82) is 0 Å². The molecule has 0 N–H and O–H groups in total. The summed E-state index contributed by atoms with van der Waals surface area (Å²) in [7, 11) is 0. The topological polar surface area (TPSA) is 9.23 Å². The lowest BCUT2D eigenvalue weighted by Gasteiger charge is -2.15. The van der Waals surface area contributed by atoms with Gasteiger partial charge in [0.25, 0.3) is 0 Å². The Labute approximate surface area is 129 Å². The van der Waals surface area contributed by atoms with Crippen LogP contribution < -0.4 is 4.74 Å². The first kappa shape index (κ1) is 15.6. The van der Waals surface area contributed by atoms with E-state index in [-0.39, 0.29) is 0 Å². The minimum Gasteiger partial charge on any atom is -0.457 e. The second kappa shape index (κ2) is 8.51. The van der Waals surface area contributed by atoms with Crippen LogP contribution in [0.1, 0.15) is 50.7 Å². The summed E-state index contributed by atoms with van der Waals surface area (Å²) >= 11 is 0. The van der Waals surface area contributed by atoms with Gasteiger partial charge in [-0.3, -0.25) is 0 Å². The van der Waals surface area contributed by atoms with Crippen LogP contribution in [-0.4, -0.2) is 0 Å². The molecule has 0 aliphatic rings. The van der Waals surface area contributed by atoms with Gasteiger partial charge in [0.2, 0.25) is 0 Å². The molecule has 0 saturated carbocycles. The monoisotopic (exact) mass is 282 g/mol. The van der Waals surface area contributed by atoms with E-state index in [9.17, 15) is 0 Å². The summed E-state index contributed by atoms with van der Waals surface area (Å²) in [4.78, 5) is 0. The highest BCUT2D eigenvalue weighted by Crippen LogP contribution is 2.30. The first-order valence-corrected chi connectivity index (χ1v) is 8.18. The van der Waals surface area contributed by atoms with Gasteiger partial charge in [-0.05, 0) is 48.6 Å². The Morgan fingerprint density at radius 2 is 1.57 bits per heavy atom. The molecule has 0 spiro atoms. The highest BCUT2D eigenvalue weighted by Gasteiger charge is 2.09. The lowest BCUT2D eigenvalue weighted by Crippen LogP contribution is -1.98. The predicted molar refractivity (Wildman–Crippen MR) is 90.2 cm³/mol. The second-order valence-corrected chi connectivity index (χ2v) is 5.52. The van der Waals surface area contributed by atoms with Gasteiger partial charge in [-0.1, -0.05) is 63.4 Å². The van der Waals surface area contributed by atoms with Crippen molar-refractivity contribution >= 4 is 0 Å². The van der Waals surface area contributed by atoms with Gasteiger partial charge in [0.05, 0.1) is 0 Å². The SMILES string of the molecule is CCCCCc1c(CCC)cccc1Oc1ccccc1. The molecule has 2 rings (SSSR count). The van der Waals surface area contributed by atoms with Crippen LogP contribution in [0.4, 0.5) is 0 Å². The van der Waals surface area contributed by atoms with Gasteiger partial charge >= 0.3 is 0 Å². The maximum Gasteiger partial charge on any atom is 0.130 e. The van der Waals surface area contributed by atoms with Crippen molar-refractivity contribution in [3.05, 3.63) is 59.7 Å². The number of unbranched alkanes of at least 4 members (excludes halogenated alkanes) is 2. The Hall–Kier alpha value is -1.76. The van der Waals surface area contributed by atoms with Gasteiger partial charge in [-0.25, -0.2) is 0 Å². The van der Waals surface area contributed by atoms with Crippen LogP contribution in [0.2, 0.25) is 0 Å². The summed E-state index contributed by atoms with van der Waals surface area (Å²) in [6, 6.07) is 16.6. The Kier molecular flexibility index (Phi) is 6.33. The Morgan fingerprint density at radius 3 is 2.29 bits per heavy atom. The van der Waals surface area contributed by atoms with E-state index in [0.29, 0.717) is 0 Å². The van der Waals surface area contributed by atoms with E-state index in [1.807, 2.05) is 30.3 Å². The average Bonchev–Trinajstić information content (AvgIpc) is 2.51. The molecule has 0 aliphatic heterocycles. The van der Waals surface area contributed by atoms with E-state index < -0.39 is 0 Å². The van der Waals surface area contributed by atoms with E-state index in [4.69, 9.17) is 4.74 Å². The molecule has 0 amide bonds. The summed E-state index contributed by atoms with van der Waals surface area (Å²) in [5.41, 5.74) is 2.85. The van der Waals surface area contributed by atoms with Gasteiger partial charge in [-0.2, -0.15) is 0 Å². The molecule has 21 heavy (non-hydrogen) atoms. The van der Waals surface area contributed by atoms with Crippen molar-refractivity contribution in [3.8, 4) is 11.5 Å². The number of para-hydroxylation sites is 1. The van der Waals surface area contributed by atoms with Crippen LogP contribution in [0.15, 0.2) is 48.5 Å². The fourth-order valence-electron chi connectivity index (χ4n) is 2.66. The van der Waals surface area contributed by atoms with Crippen LogP contribution in [0, 0.1) is 0 Å². The van der Waals surface area contributed by atoms with Crippen LogP contribution in [0.5, 0.6) is 11.5 Å². The molecule has 2 aromatic rings. The number of benzene rings is 2. The molecule has 0 aromatic heterocycles. The molecule has 1 heteroatoms. The van der Waals surface area contributed by atoms with E-state index >= 15 is 0 Å². The normalized spacial score (nSPS) is 10.6. The largest absolute Gasteiger partial charge is 0.457 e. The first-order chi connectivity index (χ1) is 10.3. The molecule has 2 aromatic carbocycles. The van der Waals surface area contributed by atoms with Gasteiger partial charge in [0, 0.05) is 0 Å². The maximum absolute atomic E-state index is 6.13. The van der Waals surface area contributed by atoms with Crippen molar-refractivity contribution < 1.29 is 4.74 Å². The van der Waals surface area contributed by atoms with Gasteiger partial charge in [0.15, 0.2) is 0 Å². The molecule has 0 fully saturated rings. The molecule has 0 aliphatic carbocycles. The van der Waals surface area contributed by atoms with Gasteiger partial charge < -0.3 is 4.74 Å². The van der Waals surface area contributed by atoms with Crippen LogP contribution in [0.25, 0.3) is 0 Å². The van der Waals surface area contributed by atoms with Crippen LogP contribution in [-0.2, 0) is 12.8 Å². The fraction of sp³-hybridized carbons (Fsp3) is 0.400. The Morgan fingerprint density at radius 1 is 0.762 bits per heavy atom. The lowest BCUT2D eigenvalue weighted by molar-refractivity contribution is 0.473. The number of aryl methyl sites for hydroxylation is 1. The molecule has 0 bridgehead atoms. The second-order valence-electron chi connectivity index (χ2n) is 5.52. The van der Waals surface area contributed by atoms with E-state index in [1.54, 1.807) is 0 Å². The first-order valence-electron chi connectivity index (χ1n) is 8.18. The maximum atomic E-state index is 6.13. The molecular weight excluding hydrogens is 256 g/mol. The number of hydrogen-bond donors (Lipinski definition) is 0. The number of rotatable bonds is 8. The minimum atomic E-state index is 0.919. The highest BCUT2D eigenvalue weighted by molar-refractivity contribution is 5.43. The quantitative estimate of drug-likeness (QED) is 0.526. The van der Waals surface area contributed by atoms with Crippen molar-refractivity contribution in [3.63, 3.8) is 0 Å². The summed E-state index contributed by atoms with van der Waals surface area (Å²) in [6.07, 6.45) is 7.20. The van der Waals surface area contributed by atoms with Crippen molar-refractivity contribution in [2.75, 3.05) is 0 Å². The summed E-state index contributed by atoms with van der Waals surface area (Å²) in [5, 5.41) is 0. The average molecular weight is 282 g/mol. The zero-order valence-electron chi connectivity index (χ0n) is 13.3.